The van der Waals surface area contributed by atoms with E-state index in [4.69, 9.17) is 5.73 Å². The van der Waals surface area contributed by atoms with Crippen molar-refractivity contribution in [3.63, 3.8) is 0 Å². The molecule has 98 valence electrons. The first-order valence-electron chi connectivity index (χ1n) is 4.90. The molecule has 1 aliphatic rings. The standard InChI is InChI=1S/C10H8BrF3N2O2/c11-5-1-4-2-7(15)9(17)16(18)8(4)6(3-5)10(12,13)14/h1,3,7,18H,2,15H2/t7-/m0/s1. The first-order chi connectivity index (χ1) is 8.21. The SMILES string of the molecule is N[C@H]1Cc2cc(Br)cc(C(F)(F)F)c2N(O)C1=O. The van der Waals surface area contributed by atoms with E-state index in [9.17, 15) is 23.2 Å². The van der Waals surface area contributed by atoms with Gasteiger partial charge in [-0.3, -0.25) is 10.0 Å². The van der Waals surface area contributed by atoms with E-state index in [-0.39, 0.29) is 21.5 Å². The van der Waals surface area contributed by atoms with Gasteiger partial charge in [-0.15, -0.1) is 0 Å². The number of halogens is 4. The number of hydrogen-bond acceptors (Lipinski definition) is 3. The summed E-state index contributed by atoms with van der Waals surface area (Å²) in [5, 5.41) is 9.51. The van der Waals surface area contributed by atoms with Crippen LogP contribution in [-0.4, -0.2) is 17.2 Å². The quantitative estimate of drug-likeness (QED) is 0.718. The van der Waals surface area contributed by atoms with E-state index in [1.807, 2.05) is 0 Å². The summed E-state index contributed by atoms with van der Waals surface area (Å²) in [4.78, 5) is 11.4. The molecule has 0 aromatic heterocycles. The Balaban J connectivity index is 2.69. The number of anilines is 1. The monoisotopic (exact) mass is 324 g/mol. The third-order valence-corrected chi connectivity index (χ3v) is 3.09. The molecule has 1 atom stereocenters. The van der Waals surface area contributed by atoms with Crippen LogP contribution in [0.2, 0.25) is 0 Å². The maximum atomic E-state index is 12.9. The Bertz CT molecular complexity index is 519. The van der Waals surface area contributed by atoms with E-state index >= 15 is 0 Å². The summed E-state index contributed by atoms with van der Waals surface area (Å²) in [6.07, 6.45) is -4.72. The second-order valence-electron chi connectivity index (χ2n) is 3.92. The van der Waals surface area contributed by atoms with Crippen LogP contribution in [0.5, 0.6) is 0 Å². The molecule has 0 saturated carbocycles. The number of nitrogens with two attached hydrogens (primary N) is 1. The first-order valence-corrected chi connectivity index (χ1v) is 5.69. The molecule has 0 aliphatic carbocycles. The maximum absolute atomic E-state index is 12.9. The summed E-state index contributed by atoms with van der Waals surface area (Å²) in [5.74, 6) is -0.949. The van der Waals surface area contributed by atoms with E-state index in [0.717, 1.165) is 6.07 Å². The highest BCUT2D eigenvalue weighted by Gasteiger charge is 2.41. The third kappa shape index (κ3) is 2.11. The second-order valence-corrected chi connectivity index (χ2v) is 4.84. The summed E-state index contributed by atoms with van der Waals surface area (Å²) < 4.78 is 38.8. The Hall–Kier alpha value is -1.12. The van der Waals surface area contributed by atoms with Gasteiger partial charge < -0.3 is 5.73 Å². The van der Waals surface area contributed by atoms with E-state index in [2.05, 4.69) is 15.9 Å². The van der Waals surface area contributed by atoms with Crippen LogP contribution in [0, 0.1) is 0 Å². The molecule has 1 aromatic carbocycles. The molecule has 0 bridgehead atoms. The number of nitrogens with zero attached hydrogens (tertiary/aromatic N) is 1. The topological polar surface area (TPSA) is 66.6 Å². The van der Waals surface area contributed by atoms with Gasteiger partial charge in [0.2, 0.25) is 0 Å². The van der Waals surface area contributed by atoms with Gasteiger partial charge in [0.25, 0.3) is 5.91 Å². The zero-order chi connectivity index (χ0) is 13.7. The van der Waals surface area contributed by atoms with Crippen molar-refractivity contribution in [1.82, 2.24) is 0 Å². The molecule has 1 aromatic rings. The van der Waals surface area contributed by atoms with Crippen molar-refractivity contribution in [2.24, 2.45) is 5.73 Å². The van der Waals surface area contributed by atoms with Crippen LogP contribution >= 0.6 is 15.9 Å². The lowest BCUT2D eigenvalue weighted by molar-refractivity contribution is -0.138. The Morgan fingerprint density at radius 3 is 2.61 bits per heavy atom. The number of carbonyl (C=O) groups is 1. The Labute approximate surface area is 108 Å². The van der Waals surface area contributed by atoms with Gasteiger partial charge in [0.1, 0.15) is 0 Å². The van der Waals surface area contributed by atoms with Crippen molar-refractivity contribution in [1.29, 1.82) is 0 Å². The minimum Gasteiger partial charge on any atom is -0.320 e. The van der Waals surface area contributed by atoms with Gasteiger partial charge >= 0.3 is 6.18 Å². The highest BCUT2D eigenvalue weighted by molar-refractivity contribution is 9.10. The summed E-state index contributed by atoms with van der Waals surface area (Å²) in [6.45, 7) is 0. The molecule has 0 fully saturated rings. The molecule has 2 rings (SSSR count). The largest absolute Gasteiger partial charge is 0.418 e. The van der Waals surface area contributed by atoms with Gasteiger partial charge in [-0.1, -0.05) is 15.9 Å². The van der Waals surface area contributed by atoms with Crippen LogP contribution < -0.4 is 10.8 Å². The lowest BCUT2D eigenvalue weighted by Crippen LogP contribution is -2.48. The predicted molar refractivity (Wildman–Crippen MR) is 60.1 cm³/mol. The highest BCUT2D eigenvalue weighted by atomic mass is 79.9. The van der Waals surface area contributed by atoms with Crippen LogP contribution in [0.3, 0.4) is 0 Å². The normalized spacial score (nSPS) is 20.0. The van der Waals surface area contributed by atoms with Crippen LogP contribution in [0.15, 0.2) is 16.6 Å². The summed E-state index contributed by atoms with van der Waals surface area (Å²) in [7, 11) is 0. The fourth-order valence-electron chi connectivity index (χ4n) is 1.87. The smallest absolute Gasteiger partial charge is 0.320 e. The number of alkyl halides is 3. The van der Waals surface area contributed by atoms with Gasteiger partial charge in [0.05, 0.1) is 17.3 Å². The van der Waals surface area contributed by atoms with Crippen LogP contribution in [0.25, 0.3) is 0 Å². The molecule has 0 radical (unpaired) electrons. The third-order valence-electron chi connectivity index (χ3n) is 2.64. The first kappa shape index (κ1) is 13.3. The Kier molecular flexibility index (Phi) is 3.12. The number of carbonyl (C=O) groups excluding carboxylic acids is 1. The van der Waals surface area contributed by atoms with E-state index < -0.39 is 29.4 Å². The van der Waals surface area contributed by atoms with Crippen LogP contribution in [0.1, 0.15) is 11.1 Å². The summed E-state index contributed by atoms with van der Waals surface area (Å²) >= 11 is 2.96. The van der Waals surface area contributed by atoms with Gasteiger partial charge in [0.15, 0.2) is 0 Å². The number of hydroxylamine groups is 1. The molecule has 1 aliphatic heterocycles. The molecule has 3 N–H and O–H groups in total. The maximum Gasteiger partial charge on any atom is 0.418 e. The lowest BCUT2D eigenvalue weighted by atomic mass is 9.96. The van der Waals surface area contributed by atoms with Gasteiger partial charge in [-0.05, 0) is 24.1 Å². The fraction of sp³-hybridized carbons (Fsp3) is 0.300. The van der Waals surface area contributed by atoms with E-state index in [1.54, 1.807) is 0 Å². The van der Waals surface area contributed by atoms with Crippen LogP contribution in [0.4, 0.5) is 18.9 Å². The molecule has 8 heteroatoms. The molecule has 1 amide bonds. The average Bonchev–Trinajstić information content (AvgIpc) is 2.23. The number of hydrogen-bond donors (Lipinski definition) is 2. The van der Waals surface area contributed by atoms with E-state index in [1.165, 1.54) is 6.07 Å². The van der Waals surface area contributed by atoms with Gasteiger partial charge in [-0.25, -0.2) is 0 Å². The van der Waals surface area contributed by atoms with Crippen molar-refractivity contribution in [2.45, 2.75) is 18.6 Å². The molecular formula is C10H8BrF3N2O2. The van der Waals surface area contributed by atoms with Crippen LogP contribution in [-0.2, 0) is 17.4 Å². The Morgan fingerprint density at radius 1 is 1.44 bits per heavy atom. The van der Waals surface area contributed by atoms with E-state index in [0.29, 0.717) is 0 Å². The zero-order valence-corrected chi connectivity index (χ0v) is 10.4. The molecule has 0 unspecified atom stereocenters. The molecule has 0 spiro atoms. The minimum absolute atomic E-state index is 0.0151. The molecule has 0 saturated heterocycles. The predicted octanol–water partition coefficient (Wildman–Crippen LogP) is 2.07. The number of fused-ring (bicyclic) bond motifs is 1. The zero-order valence-electron chi connectivity index (χ0n) is 8.83. The average molecular weight is 325 g/mol. The lowest BCUT2D eigenvalue weighted by Gasteiger charge is -2.30. The van der Waals surface area contributed by atoms with Gasteiger partial charge in [-0.2, -0.15) is 18.2 Å². The fourth-order valence-corrected chi connectivity index (χ4v) is 2.37. The second kappa shape index (κ2) is 4.22. The molecule has 1 heterocycles. The minimum atomic E-state index is -4.67. The van der Waals surface area contributed by atoms with Crippen molar-refractivity contribution in [3.8, 4) is 0 Å². The molecule has 18 heavy (non-hydrogen) atoms. The summed E-state index contributed by atoms with van der Waals surface area (Å²) in [6, 6.07) is 1.17. The van der Waals surface area contributed by atoms with Crippen molar-refractivity contribution < 1.29 is 23.2 Å². The highest BCUT2D eigenvalue weighted by Crippen LogP contribution is 2.42. The molecule has 4 nitrogen and oxygen atoms in total. The molecular weight excluding hydrogens is 317 g/mol. The van der Waals surface area contributed by atoms with Gasteiger partial charge in [0, 0.05) is 4.47 Å². The Morgan fingerprint density at radius 2 is 2.06 bits per heavy atom. The summed E-state index contributed by atoms with van der Waals surface area (Å²) in [5.41, 5.74) is 4.00. The van der Waals surface area contributed by atoms with Crippen molar-refractivity contribution in [2.75, 3.05) is 5.06 Å². The van der Waals surface area contributed by atoms with Crippen molar-refractivity contribution >= 4 is 27.5 Å². The number of benzene rings is 1. The number of amides is 1. The van der Waals surface area contributed by atoms with Crippen molar-refractivity contribution in [3.05, 3.63) is 27.7 Å². The number of rotatable bonds is 0.